The average molecular weight is 259 g/mol. The van der Waals surface area contributed by atoms with Crippen LogP contribution in [-0.4, -0.2) is 54.7 Å². The Kier molecular flexibility index (Phi) is 7.35. The van der Waals surface area contributed by atoms with Crippen molar-refractivity contribution in [3.05, 3.63) is 0 Å². The van der Waals surface area contributed by atoms with Gasteiger partial charge in [-0.1, -0.05) is 13.8 Å². The summed E-state index contributed by atoms with van der Waals surface area (Å²) in [6, 6.07) is -0.437. The second kappa shape index (κ2) is 7.92. The number of nitrogens with zero attached hydrogens (tertiary/aromatic N) is 1. The lowest BCUT2D eigenvalue weighted by atomic mass is 10.0. The molecular weight excluding hydrogens is 234 g/mol. The lowest BCUT2D eigenvalue weighted by molar-refractivity contribution is -0.137. The number of carbonyl (C=O) groups excluding carboxylic acids is 1. The molecular formula is C12H25N3O3. The molecule has 2 atom stereocenters. The van der Waals surface area contributed by atoms with Gasteiger partial charge in [0.05, 0.1) is 6.42 Å². The molecule has 6 nitrogen and oxygen atoms in total. The van der Waals surface area contributed by atoms with Gasteiger partial charge in [-0.25, -0.2) is 4.79 Å². The minimum absolute atomic E-state index is 0.0612. The van der Waals surface area contributed by atoms with E-state index >= 15 is 0 Å². The van der Waals surface area contributed by atoms with E-state index in [4.69, 9.17) is 5.11 Å². The molecule has 18 heavy (non-hydrogen) atoms. The molecule has 6 heteroatoms. The molecule has 106 valence electrons. The Hall–Kier alpha value is -1.30. The van der Waals surface area contributed by atoms with Crippen LogP contribution in [0, 0.1) is 5.92 Å². The van der Waals surface area contributed by atoms with Crippen molar-refractivity contribution < 1.29 is 14.7 Å². The molecule has 0 spiro atoms. The number of hydrogen-bond acceptors (Lipinski definition) is 3. The largest absolute Gasteiger partial charge is 0.481 e. The van der Waals surface area contributed by atoms with Crippen molar-refractivity contribution in [3.63, 3.8) is 0 Å². The first-order valence-corrected chi connectivity index (χ1v) is 6.16. The average Bonchev–Trinajstić information content (AvgIpc) is 2.23. The van der Waals surface area contributed by atoms with Crippen LogP contribution < -0.4 is 10.6 Å². The highest BCUT2D eigenvalue weighted by Gasteiger charge is 2.19. The van der Waals surface area contributed by atoms with E-state index in [0.717, 1.165) is 0 Å². The van der Waals surface area contributed by atoms with Gasteiger partial charge in [0.15, 0.2) is 0 Å². The highest BCUT2D eigenvalue weighted by atomic mass is 16.4. The molecule has 0 fully saturated rings. The SMILES string of the molecule is CC(C)C(CC(=O)O)NC(=O)NCC(C)N(C)C. The number of rotatable bonds is 7. The molecule has 0 aliphatic rings. The van der Waals surface area contributed by atoms with Crippen molar-refractivity contribution in [2.75, 3.05) is 20.6 Å². The lowest BCUT2D eigenvalue weighted by Crippen LogP contribution is -2.48. The Labute approximate surface area is 109 Å². The molecule has 0 aromatic heterocycles. The van der Waals surface area contributed by atoms with Gasteiger partial charge in [0.25, 0.3) is 0 Å². The van der Waals surface area contributed by atoms with E-state index in [1.807, 2.05) is 39.8 Å². The minimum atomic E-state index is -0.907. The van der Waals surface area contributed by atoms with E-state index < -0.39 is 5.97 Å². The third kappa shape index (κ3) is 7.11. The van der Waals surface area contributed by atoms with Crippen LogP contribution >= 0.6 is 0 Å². The molecule has 0 bridgehead atoms. The predicted molar refractivity (Wildman–Crippen MR) is 70.6 cm³/mol. The number of hydrogen-bond donors (Lipinski definition) is 3. The maximum absolute atomic E-state index is 11.6. The third-order valence-corrected chi connectivity index (χ3v) is 2.96. The van der Waals surface area contributed by atoms with E-state index in [0.29, 0.717) is 6.54 Å². The van der Waals surface area contributed by atoms with Crippen LogP contribution in [0.15, 0.2) is 0 Å². The standard InChI is InChI=1S/C12H25N3O3/c1-8(2)10(6-11(16)17)14-12(18)13-7-9(3)15(4)5/h8-10H,6-7H2,1-5H3,(H,16,17)(H2,13,14,18). The molecule has 3 N–H and O–H groups in total. The fourth-order valence-corrected chi connectivity index (χ4v) is 1.28. The van der Waals surface area contributed by atoms with Gasteiger partial charge in [-0.05, 0) is 26.9 Å². The Morgan fingerprint density at radius 3 is 2.17 bits per heavy atom. The van der Waals surface area contributed by atoms with Crippen LogP contribution in [0.5, 0.6) is 0 Å². The Bertz CT molecular complexity index is 280. The minimum Gasteiger partial charge on any atom is -0.481 e. The number of nitrogens with one attached hydrogen (secondary N) is 2. The summed E-state index contributed by atoms with van der Waals surface area (Å²) in [7, 11) is 3.87. The van der Waals surface area contributed by atoms with Crippen LogP contribution in [0.3, 0.4) is 0 Å². The Morgan fingerprint density at radius 1 is 1.22 bits per heavy atom. The monoisotopic (exact) mass is 259 g/mol. The zero-order valence-corrected chi connectivity index (χ0v) is 11.9. The van der Waals surface area contributed by atoms with Gasteiger partial charge in [0, 0.05) is 18.6 Å². The molecule has 0 radical (unpaired) electrons. The molecule has 0 aliphatic heterocycles. The van der Waals surface area contributed by atoms with E-state index in [1.165, 1.54) is 0 Å². The van der Waals surface area contributed by atoms with Crippen LogP contribution in [0.1, 0.15) is 27.2 Å². The van der Waals surface area contributed by atoms with Crippen molar-refractivity contribution in [1.29, 1.82) is 0 Å². The first-order chi connectivity index (χ1) is 8.23. The second-order valence-corrected chi connectivity index (χ2v) is 5.12. The van der Waals surface area contributed by atoms with Crippen LogP contribution in [-0.2, 0) is 4.79 Å². The maximum atomic E-state index is 11.6. The van der Waals surface area contributed by atoms with Gasteiger partial charge >= 0.3 is 12.0 Å². The zero-order valence-electron chi connectivity index (χ0n) is 11.9. The molecule has 2 amide bonds. The van der Waals surface area contributed by atoms with Crippen molar-refractivity contribution in [2.24, 2.45) is 5.92 Å². The summed E-state index contributed by atoms with van der Waals surface area (Å²) in [6.45, 7) is 6.29. The molecule has 0 aliphatic carbocycles. The van der Waals surface area contributed by atoms with Crippen molar-refractivity contribution in [1.82, 2.24) is 15.5 Å². The van der Waals surface area contributed by atoms with Gasteiger partial charge in [0.2, 0.25) is 0 Å². The second-order valence-electron chi connectivity index (χ2n) is 5.12. The van der Waals surface area contributed by atoms with Crippen molar-refractivity contribution >= 4 is 12.0 Å². The van der Waals surface area contributed by atoms with Gasteiger partial charge in [-0.3, -0.25) is 4.79 Å². The molecule has 0 rings (SSSR count). The first kappa shape index (κ1) is 16.7. The number of carbonyl (C=O) groups is 2. The summed E-state index contributed by atoms with van der Waals surface area (Å²) >= 11 is 0. The number of likely N-dealkylation sites (N-methyl/N-ethyl adjacent to an activating group) is 1. The predicted octanol–water partition coefficient (Wildman–Crippen LogP) is 0.735. The molecule has 0 heterocycles. The van der Waals surface area contributed by atoms with E-state index in [-0.39, 0.29) is 30.5 Å². The fourth-order valence-electron chi connectivity index (χ4n) is 1.28. The quantitative estimate of drug-likeness (QED) is 0.629. The van der Waals surface area contributed by atoms with Crippen molar-refractivity contribution in [2.45, 2.75) is 39.3 Å². The summed E-state index contributed by atoms with van der Waals surface area (Å²) in [5, 5.41) is 14.2. The van der Waals surface area contributed by atoms with E-state index in [9.17, 15) is 9.59 Å². The van der Waals surface area contributed by atoms with Gasteiger partial charge in [0.1, 0.15) is 0 Å². The Morgan fingerprint density at radius 2 is 1.78 bits per heavy atom. The third-order valence-electron chi connectivity index (χ3n) is 2.96. The molecule has 0 saturated heterocycles. The number of carboxylic acid groups (broad SMARTS) is 1. The number of amides is 2. The number of carboxylic acids is 1. The van der Waals surface area contributed by atoms with Gasteiger partial charge < -0.3 is 20.6 Å². The summed E-state index contributed by atoms with van der Waals surface area (Å²) in [5.41, 5.74) is 0. The number of aliphatic carboxylic acids is 1. The normalized spacial score (nSPS) is 14.4. The first-order valence-electron chi connectivity index (χ1n) is 6.16. The lowest BCUT2D eigenvalue weighted by Gasteiger charge is -2.23. The zero-order chi connectivity index (χ0) is 14.3. The summed E-state index contributed by atoms with van der Waals surface area (Å²) in [6.07, 6.45) is -0.0612. The van der Waals surface area contributed by atoms with Gasteiger partial charge in [-0.2, -0.15) is 0 Å². The van der Waals surface area contributed by atoms with Crippen LogP contribution in [0.2, 0.25) is 0 Å². The highest BCUT2D eigenvalue weighted by Crippen LogP contribution is 2.05. The molecule has 0 aromatic rings. The van der Waals surface area contributed by atoms with Crippen LogP contribution in [0.25, 0.3) is 0 Å². The van der Waals surface area contributed by atoms with E-state index in [2.05, 4.69) is 10.6 Å². The fraction of sp³-hybridized carbons (Fsp3) is 0.833. The summed E-state index contributed by atoms with van der Waals surface area (Å²) in [5.74, 6) is -0.825. The number of urea groups is 1. The van der Waals surface area contributed by atoms with Gasteiger partial charge in [-0.15, -0.1) is 0 Å². The molecule has 0 saturated carbocycles. The molecule has 2 unspecified atom stereocenters. The summed E-state index contributed by atoms with van der Waals surface area (Å²) < 4.78 is 0. The highest BCUT2D eigenvalue weighted by molar-refractivity contribution is 5.75. The van der Waals surface area contributed by atoms with Crippen LogP contribution in [0.4, 0.5) is 4.79 Å². The summed E-state index contributed by atoms with van der Waals surface area (Å²) in [4.78, 5) is 24.3. The molecule has 0 aromatic carbocycles. The van der Waals surface area contributed by atoms with Crippen molar-refractivity contribution in [3.8, 4) is 0 Å². The smallest absolute Gasteiger partial charge is 0.315 e. The topological polar surface area (TPSA) is 81.7 Å². The Balaban J connectivity index is 4.14. The maximum Gasteiger partial charge on any atom is 0.315 e. The van der Waals surface area contributed by atoms with E-state index in [1.54, 1.807) is 0 Å².